The molecular formula is C22H39N5O. The smallest absolute Gasteiger partial charge is 0.243 e. The summed E-state index contributed by atoms with van der Waals surface area (Å²) in [6.07, 6.45) is 13.4. The van der Waals surface area contributed by atoms with E-state index in [1.165, 1.54) is 77.3 Å². The zero-order chi connectivity index (χ0) is 19.5. The van der Waals surface area contributed by atoms with Crippen molar-refractivity contribution in [1.82, 2.24) is 20.4 Å². The van der Waals surface area contributed by atoms with Crippen molar-refractivity contribution in [1.29, 1.82) is 0 Å². The summed E-state index contributed by atoms with van der Waals surface area (Å²) in [6, 6.07) is 1.84. The van der Waals surface area contributed by atoms with Crippen LogP contribution >= 0.6 is 0 Å². The number of nitrogens with zero attached hydrogens (tertiary/aromatic N) is 3. The fourth-order valence-corrected chi connectivity index (χ4v) is 5.89. The molecule has 0 aromatic rings. The van der Waals surface area contributed by atoms with E-state index in [-0.39, 0.29) is 12.5 Å². The first-order valence-electron chi connectivity index (χ1n) is 11.6. The molecule has 0 aromatic heterocycles. The Labute approximate surface area is 170 Å². The Balaban J connectivity index is 1.32. The van der Waals surface area contributed by atoms with Gasteiger partial charge in [0.1, 0.15) is 6.54 Å². The standard InChI is InChI=1S/C22H39N5O/c1-26(2)21(28)15-23-22(25-20-14-16-7-8-17(20)13-16)24-18-9-11-27(12-10-18)19-5-3-4-6-19/h16-20H,3-15H2,1-2H3,(H2,23,24,25). The molecule has 3 aliphatic carbocycles. The molecule has 4 rings (SSSR count). The zero-order valence-corrected chi connectivity index (χ0v) is 17.8. The van der Waals surface area contributed by atoms with Gasteiger partial charge < -0.3 is 20.4 Å². The molecule has 4 aliphatic rings. The number of guanidine groups is 1. The average molecular weight is 390 g/mol. The highest BCUT2D eigenvalue weighted by Gasteiger charge is 2.40. The third-order valence-electron chi connectivity index (χ3n) is 7.64. The van der Waals surface area contributed by atoms with Gasteiger partial charge >= 0.3 is 0 Å². The van der Waals surface area contributed by atoms with Gasteiger partial charge in [0.15, 0.2) is 5.96 Å². The van der Waals surface area contributed by atoms with Crippen molar-refractivity contribution in [2.24, 2.45) is 16.8 Å². The van der Waals surface area contributed by atoms with E-state index in [1.54, 1.807) is 19.0 Å². The SMILES string of the molecule is CN(C)C(=O)CN=C(NC1CCN(C2CCCC2)CC1)NC1CC2CCC1C2. The summed E-state index contributed by atoms with van der Waals surface area (Å²) in [5, 5.41) is 7.40. The van der Waals surface area contributed by atoms with Crippen LogP contribution in [0.3, 0.4) is 0 Å². The molecule has 6 nitrogen and oxygen atoms in total. The van der Waals surface area contributed by atoms with Crippen LogP contribution in [-0.4, -0.2) is 73.5 Å². The molecule has 2 bridgehead atoms. The number of likely N-dealkylation sites (N-methyl/N-ethyl adjacent to an activating group) is 1. The van der Waals surface area contributed by atoms with Crippen LogP contribution in [0.25, 0.3) is 0 Å². The van der Waals surface area contributed by atoms with Crippen LogP contribution < -0.4 is 10.6 Å². The van der Waals surface area contributed by atoms with E-state index in [9.17, 15) is 4.79 Å². The third-order valence-corrected chi connectivity index (χ3v) is 7.64. The molecule has 3 unspecified atom stereocenters. The Hall–Kier alpha value is -1.30. The van der Waals surface area contributed by atoms with Crippen molar-refractivity contribution in [2.75, 3.05) is 33.7 Å². The van der Waals surface area contributed by atoms with E-state index in [0.717, 1.165) is 23.8 Å². The molecule has 1 heterocycles. The highest BCUT2D eigenvalue weighted by Crippen LogP contribution is 2.44. The minimum absolute atomic E-state index is 0.0603. The number of amides is 1. The summed E-state index contributed by atoms with van der Waals surface area (Å²) >= 11 is 0. The van der Waals surface area contributed by atoms with Crippen LogP contribution in [0.5, 0.6) is 0 Å². The van der Waals surface area contributed by atoms with Gasteiger partial charge in [-0.2, -0.15) is 0 Å². The molecule has 1 aliphatic heterocycles. The van der Waals surface area contributed by atoms with Crippen LogP contribution in [-0.2, 0) is 4.79 Å². The van der Waals surface area contributed by atoms with Crippen molar-refractivity contribution in [3.05, 3.63) is 0 Å². The summed E-state index contributed by atoms with van der Waals surface area (Å²) in [4.78, 5) is 21.1. The highest BCUT2D eigenvalue weighted by atomic mass is 16.2. The van der Waals surface area contributed by atoms with Gasteiger partial charge in [-0.3, -0.25) is 4.79 Å². The fraction of sp³-hybridized carbons (Fsp3) is 0.909. The lowest BCUT2D eigenvalue weighted by Gasteiger charge is -2.37. The molecule has 2 N–H and O–H groups in total. The molecule has 28 heavy (non-hydrogen) atoms. The molecular weight excluding hydrogens is 350 g/mol. The summed E-state index contributed by atoms with van der Waals surface area (Å²) in [5.41, 5.74) is 0. The van der Waals surface area contributed by atoms with Gasteiger partial charge in [0.05, 0.1) is 0 Å². The Morgan fingerprint density at radius 1 is 1.00 bits per heavy atom. The third kappa shape index (κ3) is 4.81. The number of piperidine rings is 1. The number of nitrogens with one attached hydrogen (secondary N) is 2. The minimum Gasteiger partial charge on any atom is -0.354 e. The Morgan fingerprint density at radius 2 is 1.75 bits per heavy atom. The van der Waals surface area contributed by atoms with Gasteiger partial charge in [-0.25, -0.2) is 4.99 Å². The van der Waals surface area contributed by atoms with Crippen LogP contribution in [0, 0.1) is 11.8 Å². The minimum atomic E-state index is 0.0603. The second-order valence-corrected chi connectivity index (χ2v) is 9.77. The van der Waals surface area contributed by atoms with Gasteiger partial charge in [0.25, 0.3) is 0 Å². The Kier molecular flexibility index (Phi) is 6.44. The van der Waals surface area contributed by atoms with Crippen molar-refractivity contribution < 1.29 is 4.79 Å². The van der Waals surface area contributed by atoms with E-state index in [2.05, 4.69) is 20.5 Å². The molecule has 3 saturated carbocycles. The Bertz CT molecular complexity index is 563. The maximum absolute atomic E-state index is 12.1. The highest BCUT2D eigenvalue weighted by molar-refractivity contribution is 5.85. The summed E-state index contributed by atoms with van der Waals surface area (Å²) in [7, 11) is 3.60. The lowest BCUT2D eigenvalue weighted by molar-refractivity contribution is -0.127. The van der Waals surface area contributed by atoms with E-state index in [1.807, 2.05) is 0 Å². The topological polar surface area (TPSA) is 60.0 Å². The van der Waals surface area contributed by atoms with Crippen LogP contribution in [0.1, 0.15) is 64.2 Å². The largest absolute Gasteiger partial charge is 0.354 e. The molecule has 1 saturated heterocycles. The lowest BCUT2D eigenvalue weighted by Crippen LogP contribution is -2.53. The monoisotopic (exact) mass is 389 g/mol. The van der Waals surface area contributed by atoms with E-state index in [4.69, 9.17) is 0 Å². The average Bonchev–Trinajstić information content (AvgIpc) is 3.44. The lowest BCUT2D eigenvalue weighted by atomic mass is 9.95. The van der Waals surface area contributed by atoms with Crippen molar-refractivity contribution in [2.45, 2.75) is 82.3 Å². The second kappa shape index (κ2) is 9.02. The molecule has 1 amide bonds. The summed E-state index contributed by atoms with van der Waals surface area (Å²) in [6.45, 7) is 2.62. The van der Waals surface area contributed by atoms with Crippen molar-refractivity contribution in [3.8, 4) is 0 Å². The predicted octanol–water partition coefficient (Wildman–Crippen LogP) is 2.21. The van der Waals surface area contributed by atoms with Gasteiger partial charge in [-0.05, 0) is 56.8 Å². The number of likely N-dealkylation sites (tertiary alicyclic amines) is 1. The number of hydrogen-bond donors (Lipinski definition) is 2. The molecule has 0 aromatic carbocycles. The number of hydrogen-bond acceptors (Lipinski definition) is 3. The number of carbonyl (C=O) groups excluding carboxylic acids is 1. The van der Waals surface area contributed by atoms with E-state index in [0.29, 0.717) is 12.1 Å². The zero-order valence-electron chi connectivity index (χ0n) is 17.8. The number of carbonyl (C=O) groups is 1. The van der Waals surface area contributed by atoms with Gasteiger partial charge in [0, 0.05) is 45.3 Å². The maximum atomic E-state index is 12.1. The second-order valence-electron chi connectivity index (χ2n) is 9.77. The van der Waals surface area contributed by atoms with E-state index >= 15 is 0 Å². The number of rotatable bonds is 5. The molecule has 158 valence electrons. The number of fused-ring (bicyclic) bond motifs is 2. The fourth-order valence-electron chi connectivity index (χ4n) is 5.89. The molecule has 4 fully saturated rings. The first-order valence-corrected chi connectivity index (χ1v) is 11.6. The quantitative estimate of drug-likeness (QED) is 0.559. The predicted molar refractivity (Wildman–Crippen MR) is 113 cm³/mol. The van der Waals surface area contributed by atoms with Crippen LogP contribution in [0.15, 0.2) is 4.99 Å². The Morgan fingerprint density at radius 3 is 2.36 bits per heavy atom. The van der Waals surface area contributed by atoms with Gasteiger partial charge in [0.2, 0.25) is 5.91 Å². The molecule has 6 heteroatoms. The first-order chi connectivity index (χ1) is 13.6. The normalized spacial score (nSPS) is 32.1. The molecule has 0 spiro atoms. The summed E-state index contributed by atoms with van der Waals surface area (Å²) in [5.74, 6) is 2.63. The molecule has 3 atom stereocenters. The number of aliphatic imine (C=N–C) groups is 1. The van der Waals surface area contributed by atoms with Crippen molar-refractivity contribution in [3.63, 3.8) is 0 Å². The maximum Gasteiger partial charge on any atom is 0.243 e. The molecule has 0 radical (unpaired) electrons. The summed E-state index contributed by atoms with van der Waals surface area (Å²) < 4.78 is 0. The van der Waals surface area contributed by atoms with Gasteiger partial charge in [-0.1, -0.05) is 19.3 Å². The van der Waals surface area contributed by atoms with Crippen LogP contribution in [0.2, 0.25) is 0 Å². The van der Waals surface area contributed by atoms with Crippen LogP contribution in [0.4, 0.5) is 0 Å². The van der Waals surface area contributed by atoms with E-state index < -0.39 is 0 Å². The first kappa shape index (κ1) is 20.0. The van der Waals surface area contributed by atoms with Gasteiger partial charge in [-0.15, -0.1) is 0 Å². The van der Waals surface area contributed by atoms with Crippen molar-refractivity contribution >= 4 is 11.9 Å².